The van der Waals surface area contributed by atoms with E-state index in [1.54, 1.807) is 5.32 Å². The van der Waals surface area contributed by atoms with Crippen molar-refractivity contribution < 1.29 is 31.9 Å². The van der Waals surface area contributed by atoms with Crippen molar-refractivity contribution >= 4 is 35.0 Å². The van der Waals surface area contributed by atoms with Crippen LogP contribution in [0.1, 0.15) is 13.3 Å². The van der Waals surface area contributed by atoms with E-state index in [0.29, 0.717) is 0 Å². The van der Waals surface area contributed by atoms with Crippen molar-refractivity contribution in [1.29, 1.82) is 0 Å². The monoisotopic (exact) mass is 409 g/mol. The van der Waals surface area contributed by atoms with Gasteiger partial charge in [0.1, 0.15) is 11.9 Å². The van der Waals surface area contributed by atoms with Crippen molar-refractivity contribution in [2.24, 2.45) is 5.92 Å². The second kappa shape index (κ2) is 8.12. The molecule has 0 saturated carbocycles. The maximum absolute atomic E-state index is 13.1. The van der Waals surface area contributed by atoms with Crippen molar-refractivity contribution in [2.45, 2.75) is 25.6 Å². The number of nitrogens with zero attached hydrogens (tertiary/aromatic N) is 1. The molecule has 1 heterocycles. The number of hydrogen-bond acceptors (Lipinski definition) is 3. The number of carbonyl (C=O) groups excluding carboxylic acids is 3. The smallest absolute Gasteiger partial charge is 0.336 e. The predicted octanol–water partition coefficient (Wildman–Crippen LogP) is 2.33. The maximum atomic E-state index is 13.1. The molecule has 6 nitrogen and oxygen atoms in total. The number of amides is 3. The van der Waals surface area contributed by atoms with E-state index in [0.717, 1.165) is 17.9 Å². The molecule has 27 heavy (non-hydrogen) atoms. The average Bonchev–Trinajstić information content (AvgIpc) is 3.06. The lowest BCUT2D eigenvalue weighted by Crippen LogP contribution is -2.49. The van der Waals surface area contributed by atoms with E-state index in [1.165, 1.54) is 12.1 Å². The number of benzene rings is 1. The van der Waals surface area contributed by atoms with Crippen LogP contribution in [-0.4, -0.2) is 47.9 Å². The number of halogens is 5. The van der Waals surface area contributed by atoms with Crippen molar-refractivity contribution in [2.75, 3.05) is 18.4 Å². The fourth-order valence-electron chi connectivity index (χ4n) is 2.46. The number of nitrogens with one attached hydrogen (secondary N) is 2. The molecule has 11 heteroatoms. The summed E-state index contributed by atoms with van der Waals surface area (Å²) >= 11 is 5.63. The van der Waals surface area contributed by atoms with Crippen LogP contribution in [0.4, 0.5) is 23.2 Å². The number of anilines is 1. The van der Waals surface area contributed by atoms with E-state index in [2.05, 4.69) is 5.32 Å². The van der Waals surface area contributed by atoms with Crippen LogP contribution in [0, 0.1) is 11.7 Å². The molecule has 0 radical (unpaired) electrons. The molecule has 1 saturated heterocycles. The number of carbonyl (C=O) groups is 3. The summed E-state index contributed by atoms with van der Waals surface area (Å²) in [5, 5.41) is 3.93. The van der Waals surface area contributed by atoms with Crippen LogP contribution in [0.15, 0.2) is 18.2 Å². The van der Waals surface area contributed by atoms with E-state index >= 15 is 0 Å². The summed E-state index contributed by atoms with van der Waals surface area (Å²) in [6.45, 7) is 0.654. The molecular weight excluding hydrogens is 394 g/mol. The SMILES string of the molecule is CC(NC(=O)C(=O)N1CCC(C(=O)Nc2ccc(F)c(Cl)c2)C1)C(F)(F)F. The molecule has 2 N–H and O–H groups in total. The molecule has 0 spiro atoms. The third-order valence-electron chi connectivity index (χ3n) is 4.07. The molecule has 2 atom stereocenters. The fourth-order valence-corrected chi connectivity index (χ4v) is 2.64. The van der Waals surface area contributed by atoms with Gasteiger partial charge in [-0.05, 0) is 31.5 Å². The van der Waals surface area contributed by atoms with Gasteiger partial charge in [0.05, 0.1) is 10.9 Å². The molecule has 2 unspecified atom stereocenters. The largest absolute Gasteiger partial charge is 0.408 e. The number of hydrogen-bond donors (Lipinski definition) is 2. The first kappa shape index (κ1) is 20.9. The molecule has 1 aromatic rings. The Morgan fingerprint density at radius 2 is 1.96 bits per heavy atom. The number of likely N-dealkylation sites (tertiary alicyclic amines) is 1. The Kier molecular flexibility index (Phi) is 6.30. The summed E-state index contributed by atoms with van der Waals surface area (Å²) in [6, 6.07) is 1.44. The lowest BCUT2D eigenvalue weighted by molar-refractivity contribution is -0.162. The van der Waals surface area contributed by atoms with Gasteiger partial charge in [0.25, 0.3) is 0 Å². The van der Waals surface area contributed by atoms with E-state index in [4.69, 9.17) is 11.6 Å². The van der Waals surface area contributed by atoms with Gasteiger partial charge in [0.15, 0.2) is 0 Å². The van der Waals surface area contributed by atoms with Crippen LogP contribution >= 0.6 is 11.6 Å². The quantitative estimate of drug-likeness (QED) is 0.594. The van der Waals surface area contributed by atoms with E-state index in [9.17, 15) is 31.9 Å². The van der Waals surface area contributed by atoms with Crippen molar-refractivity contribution in [3.63, 3.8) is 0 Å². The minimum Gasteiger partial charge on any atom is -0.336 e. The van der Waals surface area contributed by atoms with Crippen LogP contribution in [0.3, 0.4) is 0 Å². The van der Waals surface area contributed by atoms with Gasteiger partial charge in [-0.2, -0.15) is 13.2 Å². The fraction of sp³-hybridized carbons (Fsp3) is 0.438. The van der Waals surface area contributed by atoms with Crippen molar-refractivity contribution in [3.05, 3.63) is 29.0 Å². The average molecular weight is 410 g/mol. The van der Waals surface area contributed by atoms with Gasteiger partial charge in [-0.15, -0.1) is 0 Å². The summed E-state index contributed by atoms with van der Waals surface area (Å²) in [5.41, 5.74) is 0.257. The Morgan fingerprint density at radius 1 is 1.30 bits per heavy atom. The zero-order valence-electron chi connectivity index (χ0n) is 14.1. The highest BCUT2D eigenvalue weighted by atomic mass is 35.5. The lowest BCUT2D eigenvalue weighted by Gasteiger charge is -2.20. The first-order valence-electron chi connectivity index (χ1n) is 7.91. The topological polar surface area (TPSA) is 78.5 Å². The van der Waals surface area contributed by atoms with Crippen LogP contribution in [-0.2, 0) is 14.4 Å². The van der Waals surface area contributed by atoms with Gasteiger partial charge < -0.3 is 15.5 Å². The number of alkyl halides is 3. The predicted molar refractivity (Wildman–Crippen MR) is 88.4 cm³/mol. The van der Waals surface area contributed by atoms with Gasteiger partial charge in [0, 0.05) is 18.8 Å². The Hall–Kier alpha value is -2.36. The van der Waals surface area contributed by atoms with E-state index in [-0.39, 0.29) is 30.2 Å². The summed E-state index contributed by atoms with van der Waals surface area (Å²) in [5.74, 6) is -4.30. The highest BCUT2D eigenvalue weighted by molar-refractivity contribution is 6.35. The van der Waals surface area contributed by atoms with Crippen LogP contribution in [0.2, 0.25) is 5.02 Å². The molecule has 1 aliphatic heterocycles. The number of rotatable bonds is 3. The van der Waals surface area contributed by atoms with Gasteiger partial charge in [-0.3, -0.25) is 14.4 Å². The molecule has 0 aromatic heterocycles. The van der Waals surface area contributed by atoms with Gasteiger partial charge >= 0.3 is 18.0 Å². The summed E-state index contributed by atoms with van der Waals surface area (Å²) in [7, 11) is 0. The highest BCUT2D eigenvalue weighted by Crippen LogP contribution is 2.23. The Labute approximate surface area is 156 Å². The second-order valence-electron chi connectivity index (χ2n) is 6.09. The summed E-state index contributed by atoms with van der Waals surface area (Å²) < 4.78 is 50.5. The molecule has 1 aliphatic rings. The molecule has 1 fully saturated rings. The third-order valence-corrected chi connectivity index (χ3v) is 4.36. The van der Waals surface area contributed by atoms with Crippen LogP contribution in [0.25, 0.3) is 0 Å². The molecule has 0 bridgehead atoms. The molecule has 2 rings (SSSR count). The van der Waals surface area contributed by atoms with Gasteiger partial charge in [-0.1, -0.05) is 11.6 Å². The first-order valence-corrected chi connectivity index (χ1v) is 8.29. The third kappa shape index (κ3) is 5.31. The Bertz CT molecular complexity index is 757. The molecule has 148 valence electrons. The summed E-state index contributed by atoms with van der Waals surface area (Å²) in [6.07, 6.45) is -4.44. The Morgan fingerprint density at radius 3 is 2.56 bits per heavy atom. The maximum Gasteiger partial charge on any atom is 0.408 e. The Balaban J connectivity index is 1.91. The zero-order valence-corrected chi connectivity index (χ0v) is 14.8. The lowest BCUT2D eigenvalue weighted by atomic mass is 10.1. The molecule has 1 aromatic carbocycles. The van der Waals surface area contributed by atoms with Gasteiger partial charge in [-0.25, -0.2) is 4.39 Å². The standard InChI is InChI=1S/C16H16ClF4N3O3/c1-8(16(19,20)21)22-14(26)15(27)24-5-4-9(7-24)13(25)23-10-2-3-12(18)11(17)6-10/h2-3,6,8-9H,4-5,7H2,1H3,(H,22,26)(H,23,25). The van der Waals surface area contributed by atoms with Crippen molar-refractivity contribution in [1.82, 2.24) is 10.2 Å². The first-order chi connectivity index (χ1) is 12.5. The zero-order chi connectivity index (χ0) is 20.4. The molecule has 0 aliphatic carbocycles. The molecule has 3 amide bonds. The molecular formula is C16H16ClF4N3O3. The van der Waals surface area contributed by atoms with Crippen LogP contribution in [0.5, 0.6) is 0 Å². The highest BCUT2D eigenvalue weighted by Gasteiger charge is 2.40. The normalized spacial score (nSPS) is 18.1. The minimum atomic E-state index is -4.67. The summed E-state index contributed by atoms with van der Waals surface area (Å²) in [4.78, 5) is 36.9. The van der Waals surface area contributed by atoms with Gasteiger partial charge in [0.2, 0.25) is 5.91 Å². The van der Waals surface area contributed by atoms with E-state index in [1.807, 2.05) is 0 Å². The van der Waals surface area contributed by atoms with Crippen molar-refractivity contribution in [3.8, 4) is 0 Å². The van der Waals surface area contributed by atoms with Crippen LogP contribution < -0.4 is 10.6 Å². The second-order valence-corrected chi connectivity index (χ2v) is 6.50. The van der Waals surface area contributed by atoms with E-state index < -0.39 is 41.7 Å². The minimum absolute atomic E-state index is 0.0505.